The van der Waals surface area contributed by atoms with Gasteiger partial charge in [-0.15, -0.1) is 0 Å². The molecule has 1 aliphatic rings. The van der Waals surface area contributed by atoms with Gasteiger partial charge >= 0.3 is 0 Å². The second-order valence-corrected chi connectivity index (χ2v) is 5.48. The summed E-state index contributed by atoms with van der Waals surface area (Å²) in [5, 5.41) is 11.5. The highest BCUT2D eigenvalue weighted by Crippen LogP contribution is 2.34. The molecule has 7 nitrogen and oxygen atoms in total. The fraction of sp³-hybridized carbons (Fsp3) is 0.188. The van der Waals surface area contributed by atoms with E-state index in [0.29, 0.717) is 35.4 Å². The van der Waals surface area contributed by atoms with Gasteiger partial charge in [0, 0.05) is 17.2 Å². The lowest BCUT2D eigenvalue weighted by Crippen LogP contribution is -2.40. The molecule has 8 heteroatoms. The van der Waals surface area contributed by atoms with Crippen LogP contribution in [0.5, 0.6) is 11.5 Å². The number of benzene rings is 2. The zero-order valence-electron chi connectivity index (χ0n) is 12.5. The lowest BCUT2D eigenvalue weighted by molar-refractivity contribution is -0.384. The zero-order chi connectivity index (χ0) is 17.1. The number of fused-ring (bicyclic) bond motifs is 1. The number of hydrogen-bond donors (Lipinski definition) is 0. The minimum absolute atomic E-state index is 0.101. The number of hydrogen-bond acceptors (Lipinski definition) is 5. The fourth-order valence-electron chi connectivity index (χ4n) is 2.33. The van der Waals surface area contributed by atoms with Gasteiger partial charge in [0.05, 0.1) is 17.2 Å². The topological polar surface area (TPSA) is 81.9 Å². The summed E-state index contributed by atoms with van der Waals surface area (Å²) in [6, 6.07) is 10.8. The predicted octanol–water partition coefficient (Wildman–Crippen LogP) is 3.05. The van der Waals surface area contributed by atoms with E-state index in [1.54, 1.807) is 24.3 Å². The molecule has 0 spiro atoms. The Labute approximate surface area is 142 Å². The number of non-ortho nitro benzene ring substituents is 1. The summed E-state index contributed by atoms with van der Waals surface area (Å²) < 4.78 is 10.9. The highest BCUT2D eigenvalue weighted by molar-refractivity contribution is 6.30. The molecule has 0 unspecified atom stereocenters. The molecule has 0 radical (unpaired) electrons. The van der Waals surface area contributed by atoms with Gasteiger partial charge in [-0.05, 0) is 30.3 Å². The smallest absolute Gasteiger partial charge is 0.271 e. The number of anilines is 1. The molecule has 1 aliphatic heterocycles. The molecule has 0 saturated heterocycles. The Kier molecular flexibility index (Phi) is 4.52. The molecule has 0 bridgehead atoms. The summed E-state index contributed by atoms with van der Waals surface area (Å²) in [4.78, 5) is 24.3. The van der Waals surface area contributed by atoms with Gasteiger partial charge in [-0.2, -0.15) is 0 Å². The Balaban J connectivity index is 1.75. The summed E-state index contributed by atoms with van der Waals surface area (Å²) in [7, 11) is 0. The van der Waals surface area contributed by atoms with E-state index in [0.717, 1.165) is 0 Å². The number of nitrogens with zero attached hydrogens (tertiary/aromatic N) is 2. The van der Waals surface area contributed by atoms with E-state index in [1.807, 2.05) is 0 Å². The molecule has 24 heavy (non-hydrogen) atoms. The van der Waals surface area contributed by atoms with Gasteiger partial charge < -0.3 is 14.4 Å². The molecule has 0 N–H and O–H groups in total. The van der Waals surface area contributed by atoms with Crippen LogP contribution in [0.4, 0.5) is 11.4 Å². The minimum atomic E-state index is -0.512. The molecule has 0 atom stereocenters. The first-order chi connectivity index (χ1) is 11.5. The number of nitro benzene ring substituents is 1. The van der Waals surface area contributed by atoms with Crippen LogP contribution in [0.3, 0.4) is 0 Å². The Morgan fingerprint density at radius 3 is 2.75 bits per heavy atom. The molecule has 0 aliphatic carbocycles. The number of ether oxygens (including phenoxy) is 2. The van der Waals surface area contributed by atoms with Gasteiger partial charge in [0.2, 0.25) is 0 Å². The van der Waals surface area contributed by atoms with Crippen LogP contribution in [-0.2, 0) is 4.79 Å². The van der Waals surface area contributed by atoms with Crippen LogP contribution in [0.2, 0.25) is 5.02 Å². The van der Waals surface area contributed by atoms with Crippen molar-refractivity contribution in [1.29, 1.82) is 0 Å². The van der Waals surface area contributed by atoms with Crippen LogP contribution in [-0.4, -0.2) is 30.6 Å². The van der Waals surface area contributed by atoms with Gasteiger partial charge in [0.1, 0.15) is 18.1 Å². The standard InChI is InChI=1S/C16H13ClN2O5/c17-11-1-4-13(5-2-11)24-10-16(20)18-7-8-23-15-6-3-12(19(21)22)9-14(15)18/h1-6,9H,7-8,10H2. The van der Waals surface area contributed by atoms with Crippen LogP contribution in [0.15, 0.2) is 42.5 Å². The average molecular weight is 349 g/mol. The van der Waals surface area contributed by atoms with E-state index in [-0.39, 0.29) is 18.2 Å². The van der Waals surface area contributed by atoms with Gasteiger partial charge in [-0.3, -0.25) is 14.9 Å². The van der Waals surface area contributed by atoms with E-state index < -0.39 is 4.92 Å². The maximum Gasteiger partial charge on any atom is 0.271 e. The molecule has 1 amide bonds. The van der Waals surface area contributed by atoms with Gasteiger partial charge in [0.25, 0.3) is 11.6 Å². The van der Waals surface area contributed by atoms with E-state index in [9.17, 15) is 14.9 Å². The molecule has 1 heterocycles. The van der Waals surface area contributed by atoms with Crippen LogP contribution in [0.25, 0.3) is 0 Å². The van der Waals surface area contributed by atoms with E-state index in [4.69, 9.17) is 21.1 Å². The maximum atomic E-state index is 12.4. The van der Waals surface area contributed by atoms with Crippen molar-refractivity contribution >= 4 is 28.9 Å². The van der Waals surface area contributed by atoms with E-state index >= 15 is 0 Å². The summed E-state index contributed by atoms with van der Waals surface area (Å²) >= 11 is 5.79. The first kappa shape index (κ1) is 16.1. The Hall–Kier alpha value is -2.80. The number of rotatable bonds is 4. The fourth-order valence-corrected chi connectivity index (χ4v) is 2.46. The minimum Gasteiger partial charge on any atom is -0.490 e. The molecular formula is C16H13ClN2O5. The third kappa shape index (κ3) is 3.41. The van der Waals surface area contributed by atoms with Crippen molar-refractivity contribution in [3.63, 3.8) is 0 Å². The summed E-state index contributed by atoms with van der Waals surface area (Å²) in [6.07, 6.45) is 0. The van der Waals surface area contributed by atoms with Crippen molar-refractivity contribution in [2.75, 3.05) is 24.7 Å². The quantitative estimate of drug-likeness (QED) is 0.626. The molecule has 2 aromatic rings. The summed E-state index contributed by atoms with van der Waals surface area (Å²) in [6.45, 7) is 0.429. The van der Waals surface area contributed by atoms with Crippen molar-refractivity contribution in [3.05, 3.63) is 57.6 Å². The van der Waals surface area contributed by atoms with Crippen molar-refractivity contribution in [3.8, 4) is 11.5 Å². The number of carbonyl (C=O) groups is 1. The van der Waals surface area contributed by atoms with E-state index in [2.05, 4.69) is 0 Å². The van der Waals surface area contributed by atoms with Crippen LogP contribution >= 0.6 is 11.6 Å². The second kappa shape index (κ2) is 6.76. The lowest BCUT2D eigenvalue weighted by Gasteiger charge is -2.29. The van der Waals surface area contributed by atoms with Crippen molar-refractivity contribution < 1.29 is 19.2 Å². The van der Waals surface area contributed by atoms with Crippen LogP contribution in [0.1, 0.15) is 0 Å². The van der Waals surface area contributed by atoms with Crippen LogP contribution < -0.4 is 14.4 Å². The maximum absolute atomic E-state index is 12.4. The molecule has 124 valence electrons. The molecule has 0 aromatic heterocycles. The first-order valence-corrected chi connectivity index (χ1v) is 7.52. The normalized spacial score (nSPS) is 13.0. The van der Waals surface area contributed by atoms with Gasteiger partial charge in [0.15, 0.2) is 6.61 Å². The largest absolute Gasteiger partial charge is 0.490 e. The lowest BCUT2D eigenvalue weighted by atomic mass is 10.2. The van der Waals surface area contributed by atoms with Crippen LogP contribution in [0, 0.1) is 10.1 Å². The van der Waals surface area contributed by atoms with Gasteiger partial charge in [-0.25, -0.2) is 0 Å². The van der Waals surface area contributed by atoms with Crippen molar-refractivity contribution in [1.82, 2.24) is 0 Å². The Bertz CT molecular complexity index is 779. The Morgan fingerprint density at radius 1 is 1.29 bits per heavy atom. The first-order valence-electron chi connectivity index (χ1n) is 7.14. The predicted molar refractivity (Wildman–Crippen MR) is 87.9 cm³/mol. The van der Waals surface area contributed by atoms with Gasteiger partial charge in [-0.1, -0.05) is 11.6 Å². The van der Waals surface area contributed by atoms with Crippen molar-refractivity contribution in [2.45, 2.75) is 0 Å². The number of nitro groups is 1. The number of carbonyl (C=O) groups excluding carboxylic acids is 1. The SMILES string of the molecule is O=C(COc1ccc(Cl)cc1)N1CCOc2ccc([N+](=O)[O-])cc21. The third-order valence-corrected chi connectivity index (χ3v) is 3.75. The molecule has 3 rings (SSSR count). The molecule has 0 fully saturated rings. The highest BCUT2D eigenvalue weighted by Gasteiger charge is 2.26. The summed E-state index contributed by atoms with van der Waals surface area (Å²) in [5.74, 6) is 0.641. The summed E-state index contributed by atoms with van der Waals surface area (Å²) in [5.41, 5.74) is 0.274. The Morgan fingerprint density at radius 2 is 2.04 bits per heavy atom. The zero-order valence-corrected chi connectivity index (χ0v) is 13.2. The van der Waals surface area contributed by atoms with E-state index in [1.165, 1.54) is 23.1 Å². The molecular weight excluding hydrogens is 336 g/mol. The van der Waals surface area contributed by atoms with Crippen molar-refractivity contribution in [2.24, 2.45) is 0 Å². The molecule has 2 aromatic carbocycles. The molecule has 0 saturated carbocycles. The number of halogens is 1. The highest BCUT2D eigenvalue weighted by atomic mass is 35.5. The average Bonchev–Trinajstić information content (AvgIpc) is 2.60. The monoisotopic (exact) mass is 348 g/mol. The third-order valence-electron chi connectivity index (χ3n) is 3.49. The number of amides is 1. The second-order valence-electron chi connectivity index (χ2n) is 5.05.